The quantitative estimate of drug-likeness (QED) is 0.742. The van der Waals surface area contributed by atoms with Crippen LogP contribution in [0.4, 0.5) is 0 Å². The number of carbonyl (C=O) groups is 1. The normalized spacial score (nSPS) is 10.2. The van der Waals surface area contributed by atoms with E-state index in [1.165, 1.54) is 19.6 Å². The van der Waals surface area contributed by atoms with Crippen LogP contribution in [0.3, 0.4) is 0 Å². The van der Waals surface area contributed by atoms with Crippen LogP contribution in [0.15, 0.2) is 24.8 Å². The molecule has 100 valence electrons. The van der Waals surface area contributed by atoms with Gasteiger partial charge in [-0.3, -0.25) is 14.9 Å². The zero-order valence-electron chi connectivity index (χ0n) is 10.6. The second-order valence-electron chi connectivity index (χ2n) is 3.87. The third kappa shape index (κ3) is 3.51. The molecule has 0 aliphatic carbocycles. The molecular formula is C12H15N5O2. The fourth-order valence-electron chi connectivity index (χ4n) is 1.63. The van der Waals surface area contributed by atoms with Gasteiger partial charge in [0.1, 0.15) is 17.9 Å². The van der Waals surface area contributed by atoms with Crippen LogP contribution < -0.4 is 10.1 Å². The van der Waals surface area contributed by atoms with Crippen molar-refractivity contribution in [2.45, 2.75) is 12.8 Å². The van der Waals surface area contributed by atoms with E-state index in [9.17, 15) is 4.79 Å². The lowest BCUT2D eigenvalue weighted by molar-refractivity contribution is 0.0950. The Kier molecular flexibility index (Phi) is 4.44. The molecule has 1 amide bonds. The van der Waals surface area contributed by atoms with Crippen molar-refractivity contribution in [2.75, 3.05) is 13.7 Å². The summed E-state index contributed by atoms with van der Waals surface area (Å²) in [6, 6.07) is 1.63. The largest absolute Gasteiger partial charge is 0.494 e. The molecule has 0 atom stereocenters. The second kappa shape index (κ2) is 6.48. The molecule has 0 aliphatic heterocycles. The Hall–Kier alpha value is -2.44. The number of nitrogens with zero attached hydrogens (tertiary/aromatic N) is 3. The van der Waals surface area contributed by atoms with Gasteiger partial charge in [0.05, 0.1) is 18.9 Å². The molecule has 0 spiro atoms. The number of aromatic nitrogens is 4. The molecule has 2 heterocycles. The Labute approximate surface area is 110 Å². The number of hydrogen-bond donors (Lipinski definition) is 2. The summed E-state index contributed by atoms with van der Waals surface area (Å²) in [7, 11) is 1.51. The maximum absolute atomic E-state index is 11.9. The van der Waals surface area contributed by atoms with Gasteiger partial charge in [-0.2, -0.15) is 5.10 Å². The Bertz CT molecular complexity index is 527. The number of hydrogen-bond acceptors (Lipinski definition) is 5. The number of rotatable bonds is 6. The van der Waals surface area contributed by atoms with Gasteiger partial charge in [0.15, 0.2) is 0 Å². The van der Waals surface area contributed by atoms with Gasteiger partial charge in [-0.1, -0.05) is 0 Å². The number of ether oxygens (including phenoxy) is 1. The van der Waals surface area contributed by atoms with Gasteiger partial charge in [-0.25, -0.2) is 4.98 Å². The highest BCUT2D eigenvalue weighted by Gasteiger charge is 2.10. The van der Waals surface area contributed by atoms with Gasteiger partial charge < -0.3 is 10.1 Å². The van der Waals surface area contributed by atoms with Crippen molar-refractivity contribution in [1.82, 2.24) is 25.5 Å². The molecule has 2 aromatic heterocycles. The highest BCUT2D eigenvalue weighted by Crippen LogP contribution is 2.15. The zero-order chi connectivity index (χ0) is 13.5. The number of pyridine rings is 1. The van der Waals surface area contributed by atoms with Crippen LogP contribution >= 0.6 is 0 Å². The summed E-state index contributed by atoms with van der Waals surface area (Å²) in [5.41, 5.74) is 0.483. The van der Waals surface area contributed by atoms with Gasteiger partial charge in [-0.05, 0) is 12.5 Å². The number of aromatic amines is 1. The Morgan fingerprint density at radius 3 is 3.16 bits per heavy atom. The molecule has 7 heteroatoms. The lowest BCUT2D eigenvalue weighted by atomic mass is 10.2. The minimum Gasteiger partial charge on any atom is -0.494 e. The molecule has 7 nitrogen and oxygen atoms in total. The van der Waals surface area contributed by atoms with E-state index >= 15 is 0 Å². The van der Waals surface area contributed by atoms with Crippen molar-refractivity contribution in [3.05, 3.63) is 36.2 Å². The van der Waals surface area contributed by atoms with Crippen LogP contribution in [0.2, 0.25) is 0 Å². The fraction of sp³-hybridized carbons (Fsp3) is 0.333. The molecule has 0 unspecified atom stereocenters. The van der Waals surface area contributed by atoms with Crippen LogP contribution in [0, 0.1) is 0 Å². The SMILES string of the molecule is COc1cnccc1C(=O)NCCCc1ncn[nH]1. The van der Waals surface area contributed by atoms with Gasteiger partial charge in [0, 0.05) is 19.2 Å². The first kappa shape index (κ1) is 13.0. The monoisotopic (exact) mass is 261 g/mol. The number of carbonyl (C=O) groups excluding carboxylic acids is 1. The molecule has 2 aromatic rings. The Balaban J connectivity index is 1.81. The van der Waals surface area contributed by atoms with Gasteiger partial charge in [-0.15, -0.1) is 0 Å². The van der Waals surface area contributed by atoms with Crippen molar-refractivity contribution < 1.29 is 9.53 Å². The highest BCUT2D eigenvalue weighted by molar-refractivity contribution is 5.96. The maximum Gasteiger partial charge on any atom is 0.255 e. The number of H-pyrrole nitrogens is 1. The minimum absolute atomic E-state index is 0.170. The molecule has 0 aliphatic rings. The van der Waals surface area contributed by atoms with E-state index in [-0.39, 0.29) is 5.91 Å². The Morgan fingerprint density at radius 1 is 1.53 bits per heavy atom. The molecular weight excluding hydrogens is 246 g/mol. The third-order valence-electron chi connectivity index (χ3n) is 2.59. The molecule has 0 fully saturated rings. The fourth-order valence-corrected chi connectivity index (χ4v) is 1.63. The number of methoxy groups -OCH3 is 1. The van der Waals surface area contributed by atoms with E-state index in [1.807, 2.05) is 0 Å². The molecule has 2 N–H and O–H groups in total. The smallest absolute Gasteiger partial charge is 0.255 e. The summed E-state index contributed by atoms with van der Waals surface area (Å²) >= 11 is 0. The summed E-state index contributed by atoms with van der Waals surface area (Å²) in [6.45, 7) is 0.561. The van der Waals surface area contributed by atoms with Crippen LogP contribution in [0.25, 0.3) is 0 Å². The van der Waals surface area contributed by atoms with Gasteiger partial charge in [0.25, 0.3) is 5.91 Å². The van der Waals surface area contributed by atoms with Gasteiger partial charge >= 0.3 is 0 Å². The van der Waals surface area contributed by atoms with E-state index in [1.54, 1.807) is 12.3 Å². The number of nitrogens with one attached hydrogen (secondary N) is 2. The summed E-state index contributed by atoms with van der Waals surface area (Å²) in [4.78, 5) is 19.8. The lowest BCUT2D eigenvalue weighted by Crippen LogP contribution is -2.25. The van der Waals surface area contributed by atoms with Crippen LogP contribution in [-0.2, 0) is 6.42 Å². The first-order chi connectivity index (χ1) is 9.31. The van der Waals surface area contributed by atoms with Crippen molar-refractivity contribution in [3.8, 4) is 5.75 Å². The Morgan fingerprint density at radius 2 is 2.42 bits per heavy atom. The predicted molar refractivity (Wildman–Crippen MR) is 67.8 cm³/mol. The van der Waals surface area contributed by atoms with Gasteiger partial charge in [0.2, 0.25) is 0 Å². The molecule has 0 saturated carbocycles. The molecule has 0 bridgehead atoms. The average Bonchev–Trinajstić information content (AvgIpc) is 2.96. The number of amides is 1. The van der Waals surface area contributed by atoms with E-state index in [2.05, 4.69) is 25.5 Å². The van der Waals surface area contributed by atoms with E-state index < -0.39 is 0 Å². The van der Waals surface area contributed by atoms with E-state index in [4.69, 9.17) is 4.74 Å². The first-order valence-electron chi connectivity index (χ1n) is 5.91. The summed E-state index contributed by atoms with van der Waals surface area (Å²) in [5.74, 6) is 1.11. The second-order valence-corrected chi connectivity index (χ2v) is 3.87. The number of aryl methyl sites for hydroxylation is 1. The first-order valence-corrected chi connectivity index (χ1v) is 5.91. The van der Waals surface area contributed by atoms with Crippen molar-refractivity contribution in [1.29, 1.82) is 0 Å². The van der Waals surface area contributed by atoms with Crippen LogP contribution in [-0.4, -0.2) is 39.7 Å². The van der Waals surface area contributed by atoms with E-state index in [0.29, 0.717) is 17.9 Å². The summed E-state index contributed by atoms with van der Waals surface area (Å²) in [5, 5.41) is 9.36. The molecule has 19 heavy (non-hydrogen) atoms. The third-order valence-corrected chi connectivity index (χ3v) is 2.59. The van der Waals surface area contributed by atoms with Crippen LogP contribution in [0.5, 0.6) is 5.75 Å². The van der Waals surface area contributed by atoms with Crippen molar-refractivity contribution in [3.63, 3.8) is 0 Å². The topological polar surface area (TPSA) is 92.8 Å². The molecule has 2 rings (SSSR count). The molecule has 0 saturated heterocycles. The zero-order valence-corrected chi connectivity index (χ0v) is 10.6. The molecule has 0 aromatic carbocycles. The standard InChI is InChI=1S/C12H15N5O2/c1-19-10-7-13-6-4-9(10)12(18)14-5-2-3-11-15-8-16-17-11/h4,6-8H,2-3,5H2,1H3,(H,14,18)(H,15,16,17). The summed E-state index contributed by atoms with van der Waals surface area (Å²) < 4.78 is 5.09. The van der Waals surface area contributed by atoms with E-state index in [0.717, 1.165) is 18.7 Å². The molecule has 0 radical (unpaired) electrons. The predicted octanol–water partition coefficient (Wildman–Crippen LogP) is 0.571. The summed E-state index contributed by atoms with van der Waals surface area (Å²) in [6.07, 6.45) is 6.08. The maximum atomic E-state index is 11.9. The van der Waals surface area contributed by atoms with Crippen molar-refractivity contribution >= 4 is 5.91 Å². The average molecular weight is 261 g/mol. The highest BCUT2D eigenvalue weighted by atomic mass is 16.5. The lowest BCUT2D eigenvalue weighted by Gasteiger charge is -2.08. The minimum atomic E-state index is -0.170. The van der Waals surface area contributed by atoms with Crippen LogP contribution in [0.1, 0.15) is 22.6 Å². The van der Waals surface area contributed by atoms with Crippen molar-refractivity contribution in [2.24, 2.45) is 0 Å².